The summed E-state index contributed by atoms with van der Waals surface area (Å²) >= 11 is 0. The van der Waals surface area contributed by atoms with Gasteiger partial charge in [-0.25, -0.2) is 4.79 Å². The molecule has 0 aromatic heterocycles. The Kier molecular flexibility index (Phi) is 2.98. The molecule has 0 heterocycles. The summed E-state index contributed by atoms with van der Waals surface area (Å²) in [7, 11) is 0. The minimum Gasteiger partial charge on any atom is -0.478 e. The first kappa shape index (κ1) is 11.7. The van der Waals surface area contributed by atoms with E-state index in [9.17, 15) is 4.79 Å². The Hall–Kier alpha value is -2.80. The fraction of sp³-hybridized carbons (Fsp3) is 0. The summed E-state index contributed by atoms with van der Waals surface area (Å²) in [5, 5.41) is 17.7. The number of benzene rings is 2. The van der Waals surface area contributed by atoms with Gasteiger partial charge in [0.05, 0.1) is 17.2 Å². The Balaban J connectivity index is 2.48. The zero-order valence-corrected chi connectivity index (χ0v) is 9.42. The maximum atomic E-state index is 11.0. The van der Waals surface area contributed by atoms with Gasteiger partial charge in [-0.05, 0) is 35.4 Å². The molecule has 0 saturated carbocycles. The number of hydrogen-bond donors (Lipinski definition) is 2. The molecule has 88 valence electrons. The van der Waals surface area contributed by atoms with Crippen LogP contribution in [0.5, 0.6) is 0 Å². The van der Waals surface area contributed by atoms with E-state index in [1.54, 1.807) is 36.4 Å². The lowest BCUT2D eigenvalue weighted by molar-refractivity contribution is 0.0698. The smallest absolute Gasteiger partial charge is 0.337 e. The Morgan fingerprint density at radius 2 is 1.72 bits per heavy atom. The van der Waals surface area contributed by atoms with Crippen LogP contribution in [0.25, 0.3) is 11.1 Å². The lowest BCUT2D eigenvalue weighted by Crippen LogP contribution is -2.02. The zero-order valence-electron chi connectivity index (χ0n) is 9.42. The van der Waals surface area contributed by atoms with Gasteiger partial charge in [0.25, 0.3) is 0 Å². The first-order chi connectivity index (χ1) is 8.61. The molecular weight excluding hydrogens is 228 g/mol. The summed E-state index contributed by atoms with van der Waals surface area (Å²) in [4.78, 5) is 11.0. The highest BCUT2D eigenvalue weighted by molar-refractivity contribution is 5.95. The molecule has 2 aromatic carbocycles. The molecule has 4 nitrogen and oxygen atoms in total. The Morgan fingerprint density at radius 1 is 1.11 bits per heavy atom. The van der Waals surface area contributed by atoms with Crippen molar-refractivity contribution in [3.63, 3.8) is 0 Å². The molecule has 0 unspecified atom stereocenters. The molecule has 0 atom stereocenters. The third kappa shape index (κ3) is 2.15. The molecule has 0 aliphatic rings. The van der Waals surface area contributed by atoms with Crippen molar-refractivity contribution in [1.82, 2.24) is 0 Å². The Bertz CT molecular complexity index is 640. The van der Waals surface area contributed by atoms with Crippen LogP contribution in [0.2, 0.25) is 0 Å². The molecule has 18 heavy (non-hydrogen) atoms. The highest BCUT2D eigenvalue weighted by atomic mass is 16.4. The van der Waals surface area contributed by atoms with E-state index in [1.165, 1.54) is 6.07 Å². The van der Waals surface area contributed by atoms with E-state index in [0.717, 1.165) is 11.1 Å². The number of nitrogens with two attached hydrogens (primary N) is 1. The van der Waals surface area contributed by atoms with Crippen LogP contribution in [0.3, 0.4) is 0 Å². The van der Waals surface area contributed by atoms with Crippen molar-refractivity contribution >= 4 is 11.7 Å². The fourth-order valence-corrected chi connectivity index (χ4v) is 1.66. The van der Waals surface area contributed by atoms with Gasteiger partial charge in [0, 0.05) is 5.69 Å². The maximum Gasteiger partial charge on any atom is 0.337 e. The van der Waals surface area contributed by atoms with E-state index >= 15 is 0 Å². The molecule has 2 rings (SSSR count). The monoisotopic (exact) mass is 238 g/mol. The normalized spacial score (nSPS) is 9.72. The van der Waals surface area contributed by atoms with Crippen LogP contribution in [0.1, 0.15) is 15.9 Å². The van der Waals surface area contributed by atoms with Gasteiger partial charge >= 0.3 is 5.97 Å². The van der Waals surface area contributed by atoms with Gasteiger partial charge < -0.3 is 10.8 Å². The lowest BCUT2D eigenvalue weighted by Gasteiger charge is -2.05. The van der Waals surface area contributed by atoms with Crippen LogP contribution in [0.4, 0.5) is 5.69 Å². The van der Waals surface area contributed by atoms with Gasteiger partial charge in [-0.2, -0.15) is 5.26 Å². The summed E-state index contributed by atoms with van der Waals surface area (Å²) < 4.78 is 0. The highest BCUT2D eigenvalue weighted by Crippen LogP contribution is 2.24. The zero-order chi connectivity index (χ0) is 13.1. The molecule has 0 fully saturated rings. The molecule has 0 spiro atoms. The van der Waals surface area contributed by atoms with Crippen molar-refractivity contribution in [2.24, 2.45) is 0 Å². The van der Waals surface area contributed by atoms with E-state index < -0.39 is 5.97 Å². The van der Waals surface area contributed by atoms with E-state index in [4.69, 9.17) is 16.1 Å². The summed E-state index contributed by atoms with van der Waals surface area (Å²) in [6.45, 7) is 0. The van der Waals surface area contributed by atoms with Crippen LogP contribution >= 0.6 is 0 Å². The van der Waals surface area contributed by atoms with Gasteiger partial charge in [-0.3, -0.25) is 0 Å². The third-order valence-electron chi connectivity index (χ3n) is 2.63. The quantitative estimate of drug-likeness (QED) is 0.787. The van der Waals surface area contributed by atoms with Crippen molar-refractivity contribution in [3.05, 3.63) is 53.6 Å². The van der Waals surface area contributed by atoms with Crippen LogP contribution in [-0.4, -0.2) is 11.1 Å². The van der Waals surface area contributed by atoms with E-state index in [0.29, 0.717) is 5.56 Å². The molecule has 2 aromatic rings. The number of rotatable bonds is 2. The summed E-state index contributed by atoms with van der Waals surface area (Å²) in [6.07, 6.45) is 0. The SMILES string of the molecule is N#Cc1ccc(-c2ccc(N)c(C(=O)O)c2)cc1. The van der Waals surface area contributed by atoms with E-state index in [-0.39, 0.29) is 11.3 Å². The van der Waals surface area contributed by atoms with Gasteiger partial charge in [-0.1, -0.05) is 18.2 Å². The molecule has 0 radical (unpaired) electrons. The number of carboxylic acids is 1. The summed E-state index contributed by atoms with van der Waals surface area (Å²) in [5.41, 5.74) is 8.07. The average Bonchev–Trinajstić information content (AvgIpc) is 2.39. The summed E-state index contributed by atoms with van der Waals surface area (Å²) in [5.74, 6) is -1.05. The lowest BCUT2D eigenvalue weighted by atomic mass is 10.0. The Morgan fingerprint density at radius 3 is 2.28 bits per heavy atom. The molecule has 0 aliphatic carbocycles. The third-order valence-corrected chi connectivity index (χ3v) is 2.63. The van der Waals surface area contributed by atoms with Crippen molar-refractivity contribution < 1.29 is 9.90 Å². The van der Waals surface area contributed by atoms with Crippen LogP contribution in [0, 0.1) is 11.3 Å². The largest absolute Gasteiger partial charge is 0.478 e. The minimum absolute atomic E-state index is 0.0804. The molecule has 0 aliphatic heterocycles. The number of nitrogen functional groups attached to an aromatic ring is 1. The molecule has 0 amide bonds. The standard InChI is InChI=1S/C14H10N2O2/c15-8-9-1-3-10(4-2-9)11-5-6-13(16)12(7-11)14(17)18/h1-7H,16H2,(H,17,18). The van der Waals surface area contributed by atoms with Gasteiger partial charge in [0.2, 0.25) is 0 Å². The predicted molar refractivity (Wildman–Crippen MR) is 68.0 cm³/mol. The first-order valence-electron chi connectivity index (χ1n) is 5.25. The van der Waals surface area contributed by atoms with Crippen LogP contribution in [0.15, 0.2) is 42.5 Å². The van der Waals surface area contributed by atoms with Crippen molar-refractivity contribution in [1.29, 1.82) is 5.26 Å². The second-order valence-electron chi connectivity index (χ2n) is 3.80. The summed E-state index contributed by atoms with van der Waals surface area (Å²) in [6, 6.07) is 13.8. The van der Waals surface area contributed by atoms with Gasteiger partial charge in [0.15, 0.2) is 0 Å². The van der Waals surface area contributed by atoms with Crippen LogP contribution in [-0.2, 0) is 0 Å². The maximum absolute atomic E-state index is 11.0. The second-order valence-corrected chi connectivity index (χ2v) is 3.80. The topological polar surface area (TPSA) is 87.1 Å². The van der Waals surface area contributed by atoms with Crippen molar-refractivity contribution in [2.45, 2.75) is 0 Å². The van der Waals surface area contributed by atoms with E-state index in [1.807, 2.05) is 6.07 Å². The van der Waals surface area contributed by atoms with Gasteiger partial charge in [-0.15, -0.1) is 0 Å². The fourth-order valence-electron chi connectivity index (χ4n) is 1.66. The number of carbonyl (C=O) groups is 1. The predicted octanol–water partition coefficient (Wildman–Crippen LogP) is 2.51. The number of hydrogen-bond acceptors (Lipinski definition) is 3. The molecule has 0 bridgehead atoms. The molecule has 4 heteroatoms. The second kappa shape index (κ2) is 4.60. The van der Waals surface area contributed by atoms with Crippen molar-refractivity contribution in [3.8, 4) is 17.2 Å². The van der Waals surface area contributed by atoms with E-state index in [2.05, 4.69) is 0 Å². The van der Waals surface area contributed by atoms with Gasteiger partial charge in [0.1, 0.15) is 0 Å². The number of nitrogens with zero attached hydrogens (tertiary/aromatic N) is 1. The number of carboxylic acid groups (broad SMARTS) is 1. The number of anilines is 1. The number of aromatic carboxylic acids is 1. The molecule has 3 N–H and O–H groups in total. The first-order valence-corrected chi connectivity index (χ1v) is 5.25. The number of nitriles is 1. The minimum atomic E-state index is -1.05. The molecular formula is C14H10N2O2. The molecule has 0 saturated heterocycles. The Labute approximate surface area is 104 Å². The van der Waals surface area contributed by atoms with Crippen LogP contribution < -0.4 is 5.73 Å². The highest BCUT2D eigenvalue weighted by Gasteiger charge is 2.09. The van der Waals surface area contributed by atoms with Crippen molar-refractivity contribution in [2.75, 3.05) is 5.73 Å². The average molecular weight is 238 g/mol.